The van der Waals surface area contributed by atoms with Gasteiger partial charge >= 0.3 is 0 Å². The summed E-state index contributed by atoms with van der Waals surface area (Å²) in [5.41, 5.74) is -1.26. The van der Waals surface area contributed by atoms with E-state index in [2.05, 4.69) is 0 Å². The number of hydrogen-bond acceptors (Lipinski definition) is 3. The summed E-state index contributed by atoms with van der Waals surface area (Å²) in [6.07, 6.45) is 0.317. The first-order chi connectivity index (χ1) is 7.56. The number of nitriles is 1. The van der Waals surface area contributed by atoms with Crippen LogP contribution >= 0.6 is 0 Å². The van der Waals surface area contributed by atoms with E-state index in [-0.39, 0.29) is 5.78 Å². The number of nitrogens with zero attached hydrogens (tertiary/aromatic N) is 1. The molecule has 0 aromatic heterocycles. The largest absolute Gasteiger partial charge is 0.371 e. The van der Waals surface area contributed by atoms with Crippen molar-refractivity contribution in [2.45, 2.75) is 25.9 Å². The molecule has 1 N–H and O–H groups in total. The SMILES string of the molecule is CCC(=O)[C@H](C)[C@](O)(C#N)c1ccccc1. The molecule has 0 spiro atoms. The van der Waals surface area contributed by atoms with Crippen LogP contribution in [0.25, 0.3) is 0 Å². The molecule has 0 fully saturated rings. The van der Waals surface area contributed by atoms with Crippen LogP contribution in [0.2, 0.25) is 0 Å². The molecule has 16 heavy (non-hydrogen) atoms. The van der Waals surface area contributed by atoms with Crippen LogP contribution in [0.3, 0.4) is 0 Å². The maximum absolute atomic E-state index is 11.6. The van der Waals surface area contributed by atoms with Gasteiger partial charge in [0.1, 0.15) is 11.9 Å². The van der Waals surface area contributed by atoms with Crippen molar-refractivity contribution in [1.29, 1.82) is 5.26 Å². The summed E-state index contributed by atoms with van der Waals surface area (Å²) in [5, 5.41) is 19.4. The molecule has 0 unspecified atom stereocenters. The van der Waals surface area contributed by atoms with Crippen LogP contribution in [0.1, 0.15) is 25.8 Å². The van der Waals surface area contributed by atoms with Gasteiger partial charge in [0.15, 0.2) is 5.60 Å². The van der Waals surface area contributed by atoms with Gasteiger partial charge in [-0.25, -0.2) is 0 Å². The van der Waals surface area contributed by atoms with E-state index in [9.17, 15) is 9.90 Å². The summed E-state index contributed by atoms with van der Waals surface area (Å²) in [6, 6.07) is 10.4. The summed E-state index contributed by atoms with van der Waals surface area (Å²) < 4.78 is 0. The van der Waals surface area contributed by atoms with Gasteiger partial charge in [0.2, 0.25) is 0 Å². The fourth-order valence-corrected chi connectivity index (χ4v) is 1.64. The number of aliphatic hydroxyl groups is 1. The van der Waals surface area contributed by atoms with E-state index in [1.165, 1.54) is 0 Å². The third-order valence-corrected chi connectivity index (χ3v) is 2.84. The monoisotopic (exact) mass is 217 g/mol. The van der Waals surface area contributed by atoms with Crippen LogP contribution in [0, 0.1) is 17.2 Å². The van der Waals surface area contributed by atoms with Crippen molar-refractivity contribution in [3.05, 3.63) is 35.9 Å². The zero-order valence-electron chi connectivity index (χ0n) is 9.47. The van der Waals surface area contributed by atoms with Gasteiger partial charge in [0.25, 0.3) is 0 Å². The topological polar surface area (TPSA) is 61.1 Å². The number of carbonyl (C=O) groups excluding carboxylic acids is 1. The summed E-state index contributed by atoms with van der Waals surface area (Å²) in [5.74, 6) is -0.835. The van der Waals surface area contributed by atoms with E-state index < -0.39 is 11.5 Å². The molecule has 1 aromatic rings. The van der Waals surface area contributed by atoms with Crippen molar-refractivity contribution in [3.63, 3.8) is 0 Å². The van der Waals surface area contributed by atoms with Gasteiger partial charge in [-0.2, -0.15) is 5.26 Å². The van der Waals surface area contributed by atoms with Crippen molar-refractivity contribution in [3.8, 4) is 6.07 Å². The minimum atomic E-state index is -1.73. The zero-order valence-corrected chi connectivity index (χ0v) is 9.47. The normalized spacial score (nSPS) is 15.9. The predicted octanol–water partition coefficient (Wildman–Crippen LogP) is 2.01. The molecule has 0 aliphatic rings. The van der Waals surface area contributed by atoms with E-state index in [0.717, 1.165) is 0 Å². The van der Waals surface area contributed by atoms with E-state index >= 15 is 0 Å². The average molecular weight is 217 g/mol. The maximum Gasteiger partial charge on any atom is 0.186 e. The van der Waals surface area contributed by atoms with Gasteiger partial charge in [-0.1, -0.05) is 44.2 Å². The maximum atomic E-state index is 11.6. The van der Waals surface area contributed by atoms with Crippen LogP contribution < -0.4 is 0 Å². The lowest BCUT2D eigenvalue weighted by Crippen LogP contribution is -2.36. The molecule has 0 aliphatic heterocycles. The number of benzene rings is 1. The second kappa shape index (κ2) is 4.91. The molecule has 0 saturated heterocycles. The molecule has 0 amide bonds. The van der Waals surface area contributed by atoms with Crippen LogP contribution in [-0.2, 0) is 10.4 Å². The Balaban J connectivity index is 3.14. The quantitative estimate of drug-likeness (QED) is 0.785. The Kier molecular flexibility index (Phi) is 3.81. The number of Topliss-reactive ketones (excluding diaryl/α,β-unsaturated/α-hetero) is 1. The van der Waals surface area contributed by atoms with E-state index in [4.69, 9.17) is 5.26 Å². The number of rotatable bonds is 4. The molecule has 1 rings (SSSR count). The first-order valence-electron chi connectivity index (χ1n) is 5.28. The van der Waals surface area contributed by atoms with Gasteiger partial charge in [0.05, 0.1) is 5.92 Å². The van der Waals surface area contributed by atoms with Gasteiger partial charge < -0.3 is 5.11 Å². The molecule has 0 bridgehead atoms. The fourth-order valence-electron chi connectivity index (χ4n) is 1.64. The first kappa shape index (κ1) is 12.4. The standard InChI is InChI=1S/C13H15NO2/c1-3-12(15)10(2)13(16,9-14)11-7-5-4-6-8-11/h4-8,10,16H,3H2,1-2H3/t10-,13+/m0/s1. The third kappa shape index (κ3) is 2.12. The van der Waals surface area contributed by atoms with Gasteiger partial charge in [-0.3, -0.25) is 4.79 Å². The Morgan fingerprint density at radius 1 is 1.50 bits per heavy atom. The predicted molar refractivity (Wildman–Crippen MR) is 60.4 cm³/mol. The second-order valence-corrected chi connectivity index (χ2v) is 3.79. The van der Waals surface area contributed by atoms with E-state index in [1.807, 2.05) is 6.07 Å². The highest BCUT2D eigenvalue weighted by atomic mass is 16.3. The average Bonchev–Trinajstić information content (AvgIpc) is 2.37. The highest BCUT2D eigenvalue weighted by Crippen LogP contribution is 2.30. The Hall–Kier alpha value is -1.66. The van der Waals surface area contributed by atoms with Crippen LogP contribution in [0.4, 0.5) is 0 Å². The Bertz CT molecular complexity index is 408. The van der Waals surface area contributed by atoms with Crippen molar-refractivity contribution in [2.24, 2.45) is 5.92 Å². The minimum Gasteiger partial charge on any atom is -0.371 e. The highest BCUT2D eigenvalue weighted by Gasteiger charge is 2.39. The lowest BCUT2D eigenvalue weighted by molar-refractivity contribution is -0.128. The summed E-state index contributed by atoms with van der Waals surface area (Å²) in [4.78, 5) is 11.6. The van der Waals surface area contributed by atoms with Crippen molar-refractivity contribution in [2.75, 3.05) is 0 Å². The number of ketones is 1. The molecular weight excluding hydrogens is 202 g/mol. The molecule has 0 radical (unpaired) electrons. The minimum absolute atomic E-state index is 0.118. The summed E-state index contributed by atoms with van der Waals surface area (Å²) in [7, 11) is 0. The first-order valence-corrected chi connectivity index (χ1v) is 5.28. The number of carbonyl (C=O) groups is 1. The van der Waals surface area contributed by atoms with Crippen LogP contribution in [0.15, 0.2) is 30.3 Å². The van der Waals surface area contributed by atoms with E-state index in [0.29, 0.717) is 12.0 Å². The fraction of sp³-hybridized carbons (Fsp3) is 0.385. The lowest BCUT2D eigenvalue weighted by Gasteiger charge is -2.26. The van der Waals surface area contributed by atoms with Crippen molar-refractivity contribution < 1.29 is 9.90 Å². The van der Waals surface area contributed by atoms with Crippen molar-refractivity contribution in [1.82, 2.24) is 0 Å². The molecule has 0 aliphatic carbocycles. The molecule has 0 saturated carbocycles. The Morgan fingerprint density at radius 2 is 2.06 bits per heavy atom. The van der Waals surface area contributed by atoms with Crippen LogP contribution in [-0.4, -0.2) is 10.9 Å². The molecular formula is C13H15NO2. The summed E-state index contributed by atoms with van der Waals surface area (Å²) >= 11 is 0. The van der Waals surface area contributed by atoms with Crippen LogP contribution in [0.5, 0.6) is 0 Å². The van der Waals surface area contributed by atoms with E-state index in [1.54, 1.807) is 44.2 Å². The second-order valence-electron chi connectivity index (χ2n) is 3.79. The molecule has 1 aromatic carbocycles. The van der Waals surface area contributed by atoms with Gasteiger partial charge in [-0.05, 0) is 5.56 Å². The Labute approximate surface area is 95.3 Å². The summed E-state index contributed by atoms with van der Waals surface area (Å²) in [6.45, 7) is 3.31. The number of hydrogen-bond donors (Lipinski definition) is 1. The molecule has 3 heteroatoms. The molecule has 84 valence electrons. The van der Waals surface area contributed by atoms with Gasteiger partial charge in [-0.15, -0.1) is 0 Å². The third-order valence-electron chi connectivity index (χ3n) is 2.84. The molecule has 2 atom stereocenters. The lowest BCUT2D eigenvalue weighted by atomic mass is 9.80. The Morgan fingerprint density at radius 3 is 2.50 bits per heavy atom. The van der Waals surface area contributed by atoms with Gasteiger partial charge in [0, 0.05) is 6.42 Å². The molecule has 0 heterocycles. The highest BCUT2D eigenvalue weighted by molar-refractivity contribution is 5.82. The van der Waals surface area contributed by atoms with Crippen molar-refractivity contribution >= 4 is 5.78 Å². The molecule has 3 nitrogen and oxygen atoms in total. The zero-order chi connectivity index (χ0) is 12.2. The smallest absolute Gasteiger partial charge is 0.186 e.